The van der Waals surface area contributed by atoms with Crippen molar-refractivity contribution in [3.63, 3.8) is 0 Å². The van der Waals surface area contributed by atoms with E-state index in [4.69, 9.17) is 4.74 Å². The van der Waals surface area contributed by atoms with Crippen LogP contribution in [0.25, 0.3) is 0 Å². The highest BCUT2D eigenvalue weighted by molar-refractivity contribution is 14.1. The van der Waals surface area contributed by atoms with E-state index in [-0.39, 0.29) is 5.97 Å². The Balaban J connectivity index is 2.56. The average Bonchev–Trinajstić information content (AvgIpc) is 2.36. The second kappa shape index (κ2) is 3.85. The lowest BCUT2D eigenvalue weighted by molar-refractivity contribution is -0.134. The molecule has 3 nitrogen and oxygen atoms in total. The van der Waals surface area contributed by atoms with Crippen LogP contribution in [0.15, 0.2) is 14.6 Å². The number of nitrogens with zero attached hydrogens (tertiary/aromatic N) is 1. The third-order valence-electron chi connectivity index (χ3n) is 1.18. The van der Waals surface area contributed by atoms with Gasteiger partial charge in [-0.1, -0.05) is 0 Å². The maximum atomic E-state index is 11.0. The third-order valence-corrected chi connectivity index (χ3v) is 1.83. The van der Waals surface area contributed by atoms with Gasteiger partial charge in [0.1, 0.15) is 5.71 Å². The molecule has 1 heterocycles. The second-order valence-corrected chi connectivity index (χ2v) is 3.40. The van der Waals surface area contributed by atoms with Gasteiger partial charge in [0, 0.05) is 3.58 Å². The van der Waals surface area contributed by atoms with E-state index in [0.717, 1.165) is 3.58 Å². The predicted octanol–water partition coefficient (Wildman–Crippen LogP) is 1.32. The lowest BCUT2D eigenvalue weighted by Gasteiger charge is -1.96. The van der Waals surface area contributed by atoms with Gasteiger partial charge in [0.05, 0.1) is 13.2 Å². The number of aliphatic imine (C=N–C) groups is 1. The topological polar surface area (TPSA) is 38.7 Å². The number of hydrogen-bond acceptors (Lipinski definition) is 3. The van der Waals surface area contributed by atoms with Crippen molar-refractivity contribution in [2.24, 2.45) is 4.99 Å². The van der Waals surface area contributed by atoms with Gasteiger partial charge >= 0.3 is 5.97 Å². The lowest BCUT2D eigenvalue weighted by atomic mass is 10.4. The van der Waals surface area contributed by atoms with E-state index in [1.54, 1.807) is 13.0 Å². The first-order chi connectivity index (χ1) is 5.24. The first-order valence-corrected chi connectivity index (χ1v) is 4.39. The molecule has 0 aromatic heterocycles. The standard InChI is InChI=1S/C7H8INO2/c1-2-11-7(10)6-3-5(8)4-9-6/h3H,2,4H2,1H3. The lowest BCUT2D eigenvalue weighted by Crippen LogP contribution is -2.13. The Hall–Kier alpha value is -0.390. The van der Waals surface area contributed by atoms with Crippen molar-refractivity contribution in [3.05, 3.63) is 9.66 Å². The summed E-state index contributed by atoms with van der Waals surface area (Å²) in [6, 6.07) is 0. The molecule has 0 bridgehead atoms. The fourth-order valence-corrected chi connectivity index (χ4v) is 1.19. The molecule has 11 heavy (non-hydrogen) atoms. The molecule has 0 aromatic carbocycles. The molecule has 0 amide bonds. The molecule has 0 spiro atoms. The first-order valence-electron chi connectivity index (χ1n) is 3.31. The quantitative estimate of drug-likeness (QED) is 0.558. The van der Waals surface area contributed by atoms with Crippen LogP contribution in [0.5, 0.6) is 0 Å². The van der Waals surface area contributed by atoms with Gasteiger partial charge < -0.3 is 4.74 Å². The van der Waals surface area contributed by atoms with Crippen LogP contribution < -0.4 is 0 Å². The zero-order valence-electron chi connectivity index (χ0n) is 6.13. The smallest absolute Gasteiger partial charge is 0.356 e. The molecule has 1 rings (SSSR count). The van der Waals surface area contributed by atoms with Crippen LogP contribution in [0.3, 0.4) is 0 Å². The molecule has 0 N–H and O–H groups in total. The highest BCUT2D eigenvalue weighted by Gasteiger charge is 2.14. The number of esters is 1. The zero-order valence-corrected chi connectivity index (χ0v) is 8.29. The molecule has 0 aromatic rings. The van der Waals surface area contributed by atoms with E-state index < -0.39 is 0 Å². The molecule has 1 aliphatic heterocycles. The van der Waals surface area contributed by atoms with Crippen molar-refractivity contribution >= 4 is 34.3 Å². The number of ether oxygens (including phenoxy) is 1. The van der Waals surface area contributed by atoms with Crippen LogP contribution in [0.2, 0.25) is 0 Å². The Kier molecular flexibility index (Phi) is 3.04. The Bertz CT molecular complexity index is 233. The largest absolute Gasteiger partial charge is 0.461 e. The molecule has 0 atom stereocenters. The summed E-state index contributed by atoms with van der Waals surface area (Å²) in [4.78, 5) is 15.0. The third kappa shape index (κ3) is 2.28. The number of hydrogen-bond donors (Lipinski definition) is 0. The van der Waals surface area contributed by atoms with Crippen LogP contribution in [0.1, 0.15) is 6.92 Å². The van der Waals surface area contributed by atoms with E-state index in [1.165, 1.54) is 0 Å². The SMILES string of the molecule is CCOC(=O)C1=NCC(I)=C1. The fourth-order valence-electron chi connectivity index (χ4n) is 0.729. The van der Waals surface area contributed by atoms with E-state index in [2.05, 4.69) is 27.6 Å². The van der Waals surface area contributed by atoms with Crippen molar-refractivity contribution in [1.29, 1.82) is 0 Å². The molecule has 60 valence electrons. The minimum absolute atomic E-state index is 0.320. The molecule has 0 saturated carbocycles. The maximum Gasteiger partial charge on any atom is 0.356 e. The normalized spacial score (nSPS) is 15.8. The van der Waals surface area contributed by atoms with Crippen molar-refractivity contribution in [1.82, 2.24) is 0 Å². The molecule has 0 unspecified atom stereocenters. The molecular formula is C7H8INO2. The highest BCUT2D eigenvalue weighted by Crippen LogP contribution is 2.12. The highest BCUT2D eigenvalue weighted by atomic mass is 127. The predicted molar refractivity (Wildman–Crippen MR) is 51.0 cm³/mol. The Morgan fingerprint density at radius 3 is 3.09 bits per heavy atom. The summed E-state index contributed by atoms with van der Waals surface area (Å²) in [5.74, 6) is -0.320. The minimum atomic E-state index is -0.320. The van der Waals surface area contributed by atoms with E-state index in [0.29, 0.717) is 18.9 Å². The molecule has 0 radical (unpaired) electrons. The Labute approximate surface area is 78.7 Å². The first kappa shape index (κ1) is 8.70. The van der Waals surface area contributed by atoms with Crippen LogP contribution >= 0.6 is 22.6 Å². The van der Waals surface area contributed by atoms with Crippen LogP contribution in [0.4, 0.5) is 0 Å². The summed E-state index contributed by atoms with van der Waals surface area (Å²) >= 11 is 2.15. The molecule has 0 saturated heterocycles. The summed E-state index contributed by atoms with van der Waals surface area (Å²) in [7, 11) is 0. The number of carbonyl (C=O) groups excluding carboxylic acids is 1. The van der Waals surface area contributed by atoms with Gasteiger partial charge in [-0.25, -0.2) is 4.79 Å². The zero-order chi connectivity index (χ0) is 8.27. The fraction of sp³-hybridized carbons (Fsp3) is 0.429. The van der Waals surface area contributed by atoms with Gasteiger partial charge in [0.2, 0.25) is 0 Å². The summed E-state index contributed by atoms with van der Waals surface area (Å²) < 4.78 is 5.83. The Morgan fingerprint density at radius 1 is 1.91 bits per heavy atom. The van der Waals surface area contributed by atoms with Gasteiger partial charge in [-0.15, -0.1) is 0 Å². The van der Waals surface area contributed by atoms with Gasteiger partial charge in [-0.3, -0.25) is 4.99 Å². The van der Waals surface area contributed by atoms with Crippen LogP contribution in [0, 0.1) is 0 Å². The molecular weight excluding hydrogens is 257 g/mol. The van der Waals surface area contributed by atoms with E-state index in [1.807, 2.05) is 0 Å². The summed E-state index contributed by atoms with van der Waals surface area (Å²) in [6.07, 6.45) is 1.75. The monoisotopic (exact) mass is 265 g/mol. The van der Waals surface area contributed by atoms with Crippen molar-refractivity contribution in [2.75, 3.05) is 13.2 Å². The van der Waals surface area contributed by atoms with Crippen LogP contribution in [-0.2, 0) is 9.53 Å². The number of carbonyl (C=O) groups is 1. The molecule has 4 heteroatoms. The number of rotatable bonds is 2. The van der Waals surface area contributed by atoms with E-state index in [9.17, 15) is 4.79 Å². The van der Waals surface area contributed by atoms with Crippen molar-refractivity contribution in [2.45, 2.75) is 6.92 Å². The maximum absolute atomic E-state index is 11.0. The summed E-state index contributed by atoms with van der Waals surface area (Å²) in [5.41, 5.74) is 0.441. The van der Waals surface area contributed by atoms with Gasteiger partial charge in [0.15, 0.2) is 0 Å². The number of halogens is 1. The van der Waals surface area contributed by atoms with Crippen molar-refractivity contribution in [3.8, 4) is 0 Å². The molecule has 0 aliphatic carbocycles. The van der Waals surface area contributed by atoms with Crippen molar-refractivity contribution < 1.29 is 9.53 Å². The molecule has 1 aliphatic rings. The molecule has 0 fully saturated rings. The van der Waals surface area contributed by atoms with Crippen LogP contribution in [-0.4, -0.2) is 24.8 Å². The minimum Gasteiger partial charge on any atom is -0.461 e. The summed E-state index contributed by atoms with van der Waals surface area (Å²) in [5, 5.41) is 0. The van der Waals surface area contributed by atoms with E-state index >= 15 is 0 Å². The Morgan fingerprint density at radius 2 is 2.64 bits per heavy atom. The van der Waals surface area contributed by atoms with Gasteiger partial charge in [0.25, 0.3) is 0 Å². The summed E-state index contributed by atoms with van der Waals surface area (Å²) in [6.45, 7) is 2.80. The second-order valence-electron chi connectivity index (χ2n) is 2.01. The average molecular weight is 265 g/mol. The van der Waals surface area contributed by atoms with Gasteiger partial charge in [-0.05, 0) is 35.6 Å². The van der Waals surface area contributed by atoms with Gasteiger partial charge in [-0.2, -0.15) is 0 Å².